The Hall–Kier alpha value is -4.56. The van der Waals surface area contributed by atoms with E-state index in [9.17, 15) is 19.5 Å². The predicted molar refractivity (Wildman–Crippen MR) is 187 cm³/mol. The van der Waals surface area contributed by atoms with E-state index in [1.807, 2.05) is 26.7 Å². The van der Waals surface area contributed by atoms with Crippen LogP contribution in [0.1, 0.15) is 79.4 Å². The largest absolute Gasteiger partial charge is 0.496 e. The van der Waals surface area contributed by atoms with Gasteiger partial charge in [0.25, 0.3) is 17.6 Å². The van der Waals surface area contributed by atoms with Gasteiger partial charge in [0.1, 0.15) is 26.1 Å². The van der Waals surface area contributed by atoms with Gasteiger partial charge in [-0.05, 0) is 44.1 Å². The lowest BCUT2D eigenvalue weighted by molar-refractivity contribution is -0.127. The van der Waals surface area contributed by atoms with Gasteiger partial charge in [-0.15, -0.1) is 0 Å². The Balaban J connectivity index is 0.00000293. The lowest BCUT2D eigenvalue weighted by Gasteiger charge is -2.34. The van der Waals surface area contributed by atoms with Crippen LogP contribution in [0.4, 0.5) is 0 Å². The van der Waals surface area contributed by atoms with Crippen LogP contribution < -0.4 is 5.84 Å². The van der Waals surface area contributed by atoms with Crippen molar-refractivity contribution in [1.82, 2.24) is 19.4 Å². The highest BCUT2D eigenvalue weighted by molar-refractivity contribution is 6.43. The van der Waals surface area contributed by atoms with Gasteiger partial charge in [0.05, 0.1) is 29.6 Å². The number of ketones is 1. The molecule has 3 rings (SSSR count). The number of carbonyl (C=O) groups is 4. The SMILES string of the molecule is C=CN(N)/C(=C(\C)CC)c1c(/C(=C\C)OC)c(C(=O)C(=O)N2CCN(C(=O)c3ccccc3)CC2)cn1COCO.C=O.CCC.CO. The van der Waals surface area contributed by atoms with Gasteiger partial charge in [-0.3, -0.25) is 19.4 Å². The maximum absolute atomic E-state index is 13.8. The Morgan fingerprint density at radius 3 is 2.02 bits per heavy atom. The van der Waals surface area contributed by atoms with Gasteiger partial charge in [0.2, 0.25) is 0 Å². The molecule has 1 aromatic carbocycles. The Labute approximate surface area is 284 Å². The zero-order valence-corrected chi connectivity index (χ0v) is 29.4. The molecule has 4 N–H and O–H groups in total. The number of allylic oxidation sites excluding steroid dienone is 2. The van der Waals surface area contributed by atoms with Crippen molar-refractivity contribution in [1.29, 1.82) is 0 Å². The van der Waals surface area contributed by atoms with E-state index in [2.05, 4.69) is 20.4 Å². The fourth-order valence-corrected chi connectivity index (χ4v) is 4.78. The number of hydrazine groups is 1. The highest BCUT2D eigenvalue weighted by atomic mass is 16.6. The lowest BCUT2D eigenvalue weighted by Crippen LogP contribution is -2.52. The van der Waals surface area contributed by atoms with Crippen molar-refractivity contribution in [2.24, 2.45) is 5.84 Å². The highest BCUT2D eigenvalue weighted by Crippen LogP contribution is 2.35. The normalized spacial score (nSPS) is 12.9. The maximum atomic E-state index is 13.8. The summed E-state index contributed by atoms with van der Waals surface area (Å²) in [6, 6.07) is 8.95. The molecule has 13 nitrogen and oxygen atoms in total. The van der Waals surface area contributed by atoms with Gasteiger partial charge in [-0.1, -0.05) is 52.0 Å². The number of amides is 2. The van der Waals surface area contributed by atoms with Crippen LogP contribution in [0.15, 0.2) is 61.0 Å². The molecule has 0 radical (unpaired) electrons. The summed E-state index contributed by atoms with van der Waals surface area (Å²) in [7, 11) is 2.48. The first-order valence-electron chi connectivity index (χ1n) is 15.6. The Kier molecular flexibility index (Phi) is 21.5. The number of Topliss-reactive ketones (excluding diaryl/α,β-unsaturated/α-hetero) is 1. The first-order valence-corrected chi connectivity index (χ1v) is 15.6. The summed E-state index contributed by atoms with van der Waals surface area (Å²) in [5, 5.41) is 17.7. The quantitative estimate of drug-likeness (QED) is 0.0752. The first-order chi connectivity index (χ1) is 23.1. The van der Waals surface area contributed by atoms with Gasteiger partial charge >= 0.3 is 0 Å². The molecule has 0 unspecified atom stereocenters. The standard InChI is InChI=1S/C30H39N5O6.C3H8.CH4O.CH2O/c1-6-21(4)26(35(31)8-3)27-25(24(7-2)40-5)23(18-34(27)19-41-20-36)28(37)30(39)33-16-14-32(15-17-33)29(38)22-12-10-9-11-13-22;1-3-2;2*1-2/h7-13,18,36H,3,6,14-17,19-20,31H2,1-2,4-5H3;3H2,1-2H3;2H,1H3;1H2/b24-7+,26-21+;;;. The van der Waals surface area contributed by atoms with Crippen LogP contribution in [-0.2, 0) is 25.8 Å². The third-order valence-electron chi connectivity index (χ3n) is 7.06. The summed E-state index contributed by atoms with van der Waals surface area (Å²) < 4.78 is 12.5. The van der Waals surface area contributed by atoms with E-state index in [-0.39, 0.29) is 31.3 Å². The zero-order valence-electron chi connectivity index (χ0n) is 29.4. The Morgan fingerprint density at radius 1 is 1.02 bits per heavy atom. The van der Waals surface area contributed by atoms with Crippen molar-refractivity contribution in [2.75, 3.05) is 47.2 Å². The molecule has 1 aliphatic rings. The van der Waals surface area contributed by atoms with Crippen LogP contribution in [0.2, 0.25) is 0 Å². The number of ether oxygens (including phenoxy) is 2. The summed E-state index contributed by atoms with van der Waals surface area (Å²) >= 11 is 0. The van der Waals surface area contributed by atoms with Crippen LogP contribution in [-0.4, -0.2) is 101 Å². The van der Waals surface area contributed by atoms with Gasteiger partial charge < -0.3 is 38.8 Å². The molecule has 0 saturated carbocycles. The number of aliphatic hydroxyl groups excluding tert-OH is 2. The zero-order chi connectivity index (χ0) is 36.8. The van der Waals surface area contributed by atoms with Crippen LogP contribution >= 0.6 is 0 Å². The topological polar surface area (TPSA) is 168 Å². The van der Waals surface area contributed by atoms with Crippen LogP contribution in [0.25, 0.3) is 11.5 Å². The molecular formula is C35H53N5O8. The van der Waals surface area contributed by atoms with E-state index in [4.69, 9.17) is 25.2 Å². The van der Waals surface area contributed by atoms with Gasteiger partial charge in [-0.25, -0.2) is 5.84 Å². The number of benzene rings is 1. The molecule has 266 valence electrons. The smallest absolute Gasteiger partial charge is 0.295 e. The molecule has 13 heteroatoms. The molecule has 1 fully saturated rings. The van der Waals surface area contributed by atoms with E-state index in [0.717, 1.165) is 12.7 Å². The molecule has 1 saturated heterocycles. The molecule has 2 aromatic rings. The molecule has 0 aliphatic carbocycles. The summed E-state index contributed by atoms with van der Waals surface area (Å²) in [5.41, 5.74) is 2.95. The molecule has 2 amide bonds. The number of aliphatic hydroxyl groups is 2. The van der Waals surface area contributed by atoms with Crippen molar-refractivity contribution in [3.8, 4) is 0 Å². The molecular weight excluding hydrogens is 618 g/mol. The van der Waals surface area contributed by atoms with Crippen molar-refractivity contribution in [3.63, 3.8) is 0 Å². The molecule has 0 atom stereocenters. The maximum Gasteiger partial charge on any atom is 0.295 e. The average molecular weight is 672 g/mol. The summed E-state index contributed by atoms with van der Waals surface area (Å²) in [6.07, 6.45) is 6.53. The van der Waals surface area contributed by atoms with E-state index >= 15 is 0 Å². The van der Waals surface area contributed by atoms with Gasteiger partial charge in [-0.2, -0.15) is 0 Å². The Morgan fingerprint density at radius 2 is 1.56 bits per heavy atom. The number of nitrogens with two attached hydrogens (primary N) is 1. The minimum Gasteiger partial charge on any atom is -0.496 e. The van der Waals surface area contributed by atoms with E-state index in [1.165, 1.54) is 35.8 Å². The Bertz CT molecular complexity index is 1360. The number of nitrogens with zero attached hydrogens (tertiary/aromatic N) is 4. The summed E-state index contributed by atoms with van der Waals surface area (Å²) in [6.45, 7) is 16.0. The number of hydrogen-bond donors (Lipinski definition) is 3. The number of aromatic nitrogens is 1. The predicted octanol–water partition coefficient (Wildman–Crippen LogP) is 3.89. The van der Waals surface area contributed by atoms with Crippen molar-refractivity contribution < 1.29 is 38.9 Å². The van der Waals surface area contributed by atoms with Gasteiger partial charge in [0, 0.05) is 51.2 Å². The van der Waals surface area contributed by atoms with Crippen LogP contribution in [0, 0.1) is 0 Å². The van der Waals surface area contributed by atoms with E-state index in [0.29, 0.717) is 47.8 Å². The minimum absolute atomic E-state index is 0.100. The number of methoxy groups -OCH3 is 1. The summed E-state index contributed by atoms with van der Waals surface area (Å²) in [5.74, 6) is 5.13. The second-order valence-corrected chi connectivity index (χ2v) is 10.1. The van der Waals surface area contributed by atoms with E-state index in [1.54, 1.807) is 46.7 Å². The molecule has 48 heavy (non-hydrogen) atoms. The monoisotopic (exact) mass is 671 g/mol. The number of hydrogen-bond acceptors (Lipinski definition) is 10. The first kappa shape index (κ1) is 43.4. The second-order valence-electron chi connectivity index (χ2n) is 10.1. The number of rotatable bonds is 12. The third kappa shape index (κ3) is 11.3. The van der Waals surface area contributed by atoms with Crippen molar-refractivity contribution in [3.05, 3.63) is 83.3 Å². The molecule has 2 heterocycles. The molecule has 1 aliphatic heterocycles. The van der Waals surface area contributed by atoms with Crippen LogP contribution in [0.5, 0.6) is 0 Å². The van der Waals surface area contributed by atoms with E-state index < -0.39 is 18.5 Å². The fraction of sp³-hybridized carbons (Fsp3) is 0.429. The molecule has 0 bridgehead atoms. The highest BCUT2D eigenvalue weighted by Gasteiger charge is 2.34. The average Bonchev–Trinajstić information content (AvgIpc) is 3.50. The number of carbonyl (C=O) groups excluding carboxylic acids is 4. The van der Waals surface area contributed by atoms with Crippen molar-refractivity contribution >= 4 is 35.8 Å². The summed E-state index contributed by atoms with van der Waals surface area (Å²) in [4.78, 5) is 51.4. The molecule has 0 spiro atoms. The van der Waals surface area contributed by atoms with Crippen molar-refractivity contribution in [2.45, 2.75) is 54.2 Å². The number of piperazine rings is 1. The lowest BCUT2D eigenvalue weighted by atomic mass is 9.99. The van der Waals surface area contributed by atoms with Crippen LogP contribution in [0.3, 0.4) is 0 Å². The molecule has 1 aromatic heterocycles. The fourth-order valence-electron chi connectivity index (χ4n) is 4.78. The second kappa shape index (κ2) is 23.7. The third-order valence-corrected chi connectivity index (χ3v) is 7.06. The minimum atomic E-state index is -0.737. The van der Waals surface area contributed by atoms with Gasteiger partial charge in [0.15, 0.2) is 0 Å².